The highest BCUT2D eigenvalue weighted by Crippen LogP contribution is 2.30. The minimum absolute atomic E-state index is 0.174. The van der Waals surface area contributed by atoms with Crippen LogP contribution in [-0.2, 0) is 16.0 Å². The maximum Gasteiger partial charge on any atom is 0.306 e. The number of carbonyl (C=O) groups is 1. The zero-order chi connectivity index (χ0) is 18.0. The molecule has 2 aromatic rings. The summed E-state index contributed by atoms with van der Waals surface area (Å²) in [5, 5.41) is 4.39. The third-order valence-electron chi connectivity index (χ3n) is 4.76. The van der Waals surface area contributed by atoms with Crippen molar-refractivity contribution in [2.45, 2.75) is 47.0 Å². The fraction of sp³-hybridized carbons (Fsp3) is 0.667. The Morgan fingerprint density at radius 1 is 1.32 bits per heavy atom. The molecule has 0 spiro atoms. The van der Waals surface area contributed by atoms with Crippen molar-refractivity contribution in [3.05, 3.63) is 17.6 Å². The smallest absolute Gasteiger partial charge is 0.306 e. The van der Waals surface area contributed by atoms with Gasteiger partial charge in [0.1, 0.15) is 12.1 Å². The maximum absolute atomic E-state index is 11.8. The quantitative estimate of drug-likeness (QED) is 0.775. The van der Waals surface area contributed by atoms with E-state index in [1.807, 2.05) is 18.4 Å². The third kappa shape index (κ3) is 3.75. The first-order valence-corrected chi connectivity index (χ1v) is 9.09. The molecule has 7 heteroatoms. The van der Waals surface area contributed by atoms with Gasteiger partial charge in [0, 0.05) is 30.8 Å². The number of hydrogen-bond acceptors (Lipinski definition) is 6. The zero-order valence-corrected chi connectivity index (χ0v) is 15.5. The molecule has 0 bridgehead atoms. The van der Waals surface area contributed by atoms with E-state index in [0.717, 1.165) is 30.2 Å². The second-order valence-electron chi connectivity index (χ2n) is 7.13. The first kappa shape index (κ1) is 17.6. The molecule has 0 aromatic carbocycles. The van der Waals surface area contributed by atoms with Crippen LogP contribution in [0.2, 0.25) is 0 Å². The minimum Gasteiger partial charge on any atom is -0.466 e. The summed E-state index contributed by atoms with van der Waals surface area (Å²) < 4.78 is 6.91. The van der Waals surface area contributed by atoms with Gasteiger partial charge in [-0.05, 0) is 38.5 Å². The highest BCUT2D eigenvalue weighted by molar-refractivity contribution is 5.70. The van der Waals surface area contributed by atoms with E-state index in [1.54, 1.807) is 0 Å². The number of hydrogen-bond donors (Lipinski definition) is 0. The van der Waals surface area contributed by atoms with E-state index in [-0.39, 0.29) is 5.97 Å². The molecular weight excluding hydrogens is 318 g/mol. The summed E-state index contributed by atoms with van der Waals surface area (Å²) in [5.41, 5.74) is 1.97. The molecule has 1 aliphatic heterocycles. The largest absolute Gasteiger partial charge is 0.466 e. The van der Waals surface area contributed by atoms with Crippen LogP contribution in [0.15, 0.2) is 6.33 Å². The van der Waals surface area contributed by atoms with E-state index in [4.69, 9.17) is 4.74 Å². The Labute approximate surface area is 148 Å². The fourth-order valence-corrected chi connectivity index (χ4v) is 3.88. The number of nitrogens with zero attached hydrogens (tertiary/aromatic N) is 5. The summed E-state index contributed by atoms with van der Waals surface area (Å²) in [6, 6.07) is 0. The Morgan fingerprint density at radius 3 is 2.72 bits per heavy atom. The summed E-state index contributed by atoms with van der Waals surface area (Å²) in [6.45, 7) is 10.8. The van der Waals surface area contributed by atoms with Crippen molar-refractivity contribution in [2.75, 3.05) is 24.6 Å². The number of carbonyl (C=O) groups excluding carboxylic acids is 1. The molecule has 7 nitrogen and oxygen atoms in total. The third-order valence-corrected chi connectivity index (χ3v) is 4.76. The lowest BCUT2D eigenvalue weighted by Gasteiger charge is -2.37. The van der Waals surface area contributed by atoms with Crippen molar-refractivity contribution < 1.29 is 9.53 Å². The van der Waals surface area contributed by atoms with Gasteiger partial charge in [-0.3, -0.25) is 4.79 Å². The predicted molar refractivity (Wildman–Crippen MR) is 95.6 cm³/mol. The molecule has 0 saturated carbocycles. The van der Waals surface area contributed by atoms with Gasteiger partial charge in [0.05, 0.1) is 6.61 Å². The standard InChI is InChI=1S/C18H27N5O2/c1-5-25-16(24)7-6-15-14(4)21-18-19-11-20-23(18)17(15)22-9-12(2)8-13(3)10-22/h11-13H,5-10H2,1-4H3/t12-,13-/m1/s1. The number of esters is 1. The molecule has 2 aromatic heterocycles. The fourth-order valence-electron chi connectivity index (χ4n) is 3.88. The molecular formula is C18H27N5O2. The molecule has 0 amide bonds. The molecule has 1 aliphatic rings. The number of anilines is 1. The molecule has 0 unspecified atom stereocenters. The van der Waals surface area contributed by atoms with Crippen LogP contribution in [0.4, 0.5) is 5.82 Å². The summed E-state index contributed by atoms with van der Waals surface area (Å²) >= 11 is 0. The topological polar surface area (TPSA) is 72.6 Å². The van der Waals surface area contributed by atoms with Crippen molar-refractivity contribution in [2.24, 2.45) is 11.8 Å². The number of rotatable bonds is 5. The number of piperidine rings is 1. The first-order valence-electron chi connectivity index (χ1n) is 9.09. The lowest BCUT2D eigenvalue weighted by molar-refractivity contribution is -0.143. The van der Waals surface area contributed by atoms with Crippen LogP contribution in [0, 0.1) is 18.8 Å². The van der Waals surface area contributed by atoms with E-state index < -0.39 is 0 Å². The number of aryl methyl sites for hydroxylation is 1. The summed E-state index contributed by atoms with van der Waals surface area (Å²) in [6.07, 6.45) is 3.72. The van der Waals surface area contributed by atoms with Gasteiger partial charge in [-0.15, -0.1) is 0 Å². The lowest BCUT2D eigenvalue weighted by Crippen LogP contribution is -2.40. The van der Waals surface area contributed by atoms with E-state index >= 15 is 0 Å². The Balaban J connectivity index is 1.99. The molecule has 1 fully saturated rings. The van der Waals surface area contributed by atoms with Crippen LogP contribution in [-0.4, -0.2) is 45.2 Å². The van der Waals surface area contributed by atoms with Gasteiger partial charge >= 0.3 is 5.97 Å². The zero-order valence-electron chi connectivity index (χ0n) is 15.5. The summed E-state index contributed by atoms with van der Waals surface area (Å²) in [7, 11) is 0. The monoisotopic (exact) mass is 345 g/mol. The van der Waals surface area contributed by atoms with Crippen molar-refractivity contribution in [1.29, 1.82) is 0 Å². The van der Waals surface area contributed by atoms with Crippen LogP contribution in [0.1, 0.15) is 44.9 Å². The SMILES string of the molecule is CCOC(=O)CCc1c(C)nc2ncnn2c1N1C[C@H](C)C[C@@H](C)C1. The van der Waals surface area contributed by atoms with Gasteiger partial charge in [-0.25, -0.2) is 4.98 Å². The van der Waals surface area contributed by atoms with Crippen LogP contribution >= 0.6 is 0 Å². The molecule has 136 valence electrons. The summed E-state index contributed by atoms with van der Waals surface area (Å²) in [5.74, 6) is 2.70. The van der Waals surface area contributed by atoms with Gasteiger partial charge in [-0.1, -0.05) is 13.8 Å². The van der Waals surface area contributed by atoms with E-state index in [2.05, 4.69) is 33.8 Å². The molecule has 0 N–H and O–H groups in total. The van der Waals surface area contributed by atoms with Crippen LogP contribution in [0.3, 0.4) is 0 Å². The Kier molecular flexibility index (Phi) is 5.20. The average molecular weight is 345 g/mol. The average Bonchev–Trinajstić information content (AvgIpc) is 2.99. The number of aromatic nitrogens is 4. The second-order valence-corrected chi connectivity index (χ2v) is 7.13. The minimum atomic E-state index is -0.174. The molecule has 3 heterocycles. The van der Waals surface area contributed by atoms with Crippen molar-refractivity contribution in [1.82, 2.24) is 19.6 Å². The molecule has 0 aliphatic carbocycles. The second kappa shape index (κ2) is 7.37. The van der Waals surface area contributed by atoms with E-state index in [0.29, 0.717) is 37.1 Å². The Bertz CT molecular complexity index is 747. The molecule has 2 atom stereocenters. The predicted octanol–water partition coefficient (Wildman–Crippen LogP) is 2.41. The molecule has 3 rings (SSSR count). The van der Waals surface area contributed by atoms with Crippen molar-refractivity contribution in [3.63, 3.8) is 0 Å². The Morgan fingerprint density at radius 2 is 2.04 bits per heavy atom. The molecule has 1 saturated heterocycles. The van der Waals surface area contributed by atoms with Gasteiger partial charge in [0.25, 0.3) is 5.78 Å². The van der Waals surface area contributed by atoms with Crippen molar-refractivity contribution >= 4 is 17.6 Å². The summed E-state index contributed by atoms with van der Waals surface area (Å²) in [4.78, 5) is 23.1. The van der Waals surface area contributed by atoms with E-state index in [9.17, 15) is 4.79 Å². The highest BCUT2D eigenvalue weighted by atomic mass is 16.5. The van der Waals surface area contributed by atoms with Gasteiger partial charge < -0.3 is 9.64 Å². The molecule has 0 radical (unpaired) electrons. The van der Waals surface area contributed by atoms with Crippen LogP contribution in [0.5, 0.6) is 0 Å². The van der Waals surface area contributed by atoms with Crippen LogP contribution in [0.25, 0.3) is 5.78 Å². The van der Waals surface area contributed by atoms with Gasteiger partial charge in [-0.2, -0.15) is 14.6 Å². The Hall–Kier alpha value is -2.18. The van der Waals surface area contributed by atoms with Gasteiger partial charge in [0.2, 0.25) is 0 Å². The molecule has 25 heavy (non-hydrogen) atoms. The van der Waals surface area contributed by atoms with Crippen molar-refractivity contribution in [3.8, 4) is 0 Å². The van der Waals surface area contributed by atoms with Crippen LogP contribution < -0.4 is 4.90 Å². The van der Waals surface area contributed by atoms with Gasteiger partial charge in [0.15, 0.2) is 0 Å². The first-order chi connectivity index (χ1) is 12.0. The van der Waals surface area contributed by atoms with E-state index in [1.165, 1.54) is 12.7 Å². The number of fused-ring (bicyclic) bond motifs is 1. The highest BCUT2D eigenvalue weighted by Gasteiger charge is 2.27. The maximum atomic E-state index is 11.8. The lowest BCUT2D eigenvalue weighted by atomic mass is 9.91. The number of ether oxygens (including phenoxy) is 1. The normalized spacial score (nSPS) is 20.9.